The molecule has 0 atom stereocenters. The van der Waals surface area contributed by atoms with Gasteiger partial charge in [-0.05, 0) is 27.6 Å². The van der Waals surface area contributed by atoms with Gasteiger partial charge in [0, 0.05) is 22.7 Å². The van der Waals surface area contributed by atoms with E-state index < -0.39 is 16.1 Å². The van der Waals surface area contributed by atoms with Crippen molar-refractivity contribution in [1.82, 2.24) is 4.44 Å². The van der Waals surface area contributed by atoms with E-state index in [0.717, 1.165) is 6.54 Å². The average molecular weight is 441 g/mol. The van der Waals surface area contributed by atoms with Crippen LogP contribution in [-0.4, -0.2) is 11.0 Å². The van der Waals surface area contributed by atoms with Crippen molar-refractivity contribution in [3.63, 3.8) is 0 Å². The lowest BCUT2D eigenvalue weighted by molar-refractivity contribution is 0.646. The van der Waals surface area contributed by atoms with Crippen molar-refractivity contribution >= 4 is 37.4 Å². The standard InChI is InChI=1S/C28H29NP2/c1-2-3-24-29(30(25-16-8-4-9-17-25)26-18-10-5-11-19-26)31(27-20-12-6-13-21-27)28-22-14-7-15-23-28/h4-23H,2-3,24H2,1H3. The van der Waals surface area contributed by atoms with E-state index in [1.807, 2.05) is 0 Å². The molecule has 0 bridgehead atoms. The monoisotopic (exact) mass is 441 g/mol. The van der Waals surface area contributed by atoms with E-state index in [4.69, 9.17) is 0 Å². The lowest BCUT2D eigenvalue weighted by atomic mass is 10.3. The van der Waals surface area contributed by atoms with E-state index in [9.17, 15) is 0 Å². The second-order valence-corrected chi connectivity index (χ2v) is 12.0. The van der Waals surface area contributed by atoms with Gasteiger partial charge >= 0.3 is 0 Å². The van der Waals surface area contributed by atoms with E-state index >= 15 is 0 Å². The van der Waals surface area contributed by atoms with Crippen LogP contribution in [0.1, 0.15) is 19.8 Å². The summed E-state index contributed by atoms with van der Waals surface area (Å²) in [5, 5.41) is 5.66. The molecule has 0 N–H and O–H groups in total. The summed E-state index contributed by atoms with van der Waals surface area (Å²) in [7, 11) is -1.30. The molecule has 3 heteroatoms. The van der Waals surface area contributed by atoms with Crippen LogP contribution in [0.3, 0.4) is 0 Å². The average Bonchev–Trinajstić information content (AvgIpc) is 2.85. The summed E-state index contributed by atoms with van der Waals surface area (Å²) in [5.41, 5.74) is 0. The smallest absolute Gasteiger partial charge is 0.0323 e. The number of nitrogens with zero attached hydrogens (tertiary/aromatic N) is 1. The Balaban J connectivity index is 1.89. The molecule has 1 nitrogen and oxygen atoms in total. The zero-order chi connectivity index (χ0) is 21.3. The van der Waals surface area contributed by atoms with E-state index in [2.05, 4.69) is 133 Å². The van der Waals surface area contributed by atoms with Gasteiger partial charge in [-0.3, -0.25) is 0 Å². The normalized spacial score (nSPS) is 11.4. The SMILES string of the molecule is CCCCN(P(c1ccccc1)c1ccccc1)P(c1ccccc1)c1ccccc1. The van der Waals surface area contributed by atoms with Crippen LogP contribution in [0.4, 0.5) is 0 Å². The first-order chi connectivity index (χ1) is 15.4. The van der Waals surface area contributed by atoms with Crippen LogP contribution in [0.25, 0.3) is 0 Å². The third kappa shape index (κ3) is 5.50. The summed E-state index contributed by atoms with van der Waals surface area (Å²) < 4.78 is 2.82. The molecule has 0 radical (unpaired) electrons. The Kier molecular flexibility index (Phi) is 8.03. The third-order valence-corrected chi connectivity index (χ3v) is 10.7. The lowest BCUT2D eigenvalue weighted by Crippen LogP contribution is -2.32. The fraction of sp³-hybridized carbons (Fsp3) is 0.143. The molecule has 0 saturated heterocycles. The Bertz CT molecular complexity index is 862. The molecule has 0 fully saturated rings. The first-order valence-corrected chi connectivity index (χ1v) is 13.5. The summed E-state index contributed by atoms with van der Waals surface area (Å²) in [6.07, 6.45) is 2.38. The van der Waals surface area contributed by atoms with Crippen LogP contribution < -0.4 is 21.2 Å². The van der Waals surface area contributed by atoms with Gasteiger partial charge in [0.1, 0.15) is 0 Å². The first kappa shape index (κ1) is 21.9. The number of unbranched alkanes of at least 4 members (excludes halogenated alkanes) is 1. The molecule has 0 aliphatic heterocycles. The van der Waals surface area contributed by atoms with Crippen LogP contribution in [0.5, 0.6) is 0 Å². The lowest BCUT2D eigenvalue weighted by Gasteiger charge is -2.39. The summed E-state index contributed by atoms with van der Waals surface area (Å²) in [5.74, 6) is 0. The van der Waals surface area contributed by atoms with Gasteiger partial charge in [-0.25, -0.2) is 4.44 Å². The quantitative estimate of drug-likeness (QED) is 0.280. The fourth-order valence-corrected chi connectivity index (χ4v) is 9.82. The molecule has 4 aromatic rings. The third-order valence-electron chi connectivity index (χ3n) is 5.18. The van der Waals surface area contributed by atoms with E-state index in [-0.39, 0.29) is 0 Å². The number of benzene rings is 4. The maximum Gasteiger partial charge on any atom is 0.0323 e. The van der Waals surface area contributed by atoms with Gasteiger partial charge in [0.05, 0.1) is 0 Å². The number of hydrogen-bond acceptors (Lipinski definition) is 1. The largest absolute Gasteiger partial charge is 0.245 e. The Morgan fingerprint density at radius 1 is 0.484 bits per heavy atom. The van der Waals surface area contributed by atoms with Crippen LogP contribution in [0.15, 0.2) is 121 Å². The second-order valence-electron chi connectivity index (χ2n) is 7.42. The van der Waals surface area contributed by atoms with E-state index in [1.54, 1.807) is 0 Å². The number of rotatable bonds is 9. The van der Waals surface area contributed by atoms with Crippen molar-refractivity contribution in [2.45, 2.75) is 19.8 Å². The predicted octanol–water partition coefficient (Wildman–Crippen LogP) is 6.18. The molecular weight excluding hydrogens is 412 g/mol. The van der Waals surface area contributed by atoms with Crippen molar-refractivity contribution < 1.29 is 0 Å². The van der Waals surface area contributed by atoms with E-state index in [1.165, 1.54) is 34.1 Å². The minimum atomic E-state index is -0.650. The second kappa shape index (κ2) is 11.4. The Labute approximate surface area is 189 Å². The van der Waals surface area contributed by atoms with Crippen LogP contribution in [-0.2, 0) is 0 Å². The first-order valence-electron chi connectivity index (χ1n) is 11.0. The van der Waals surface area contributed by atoms with Gasteiger partial charge in [-0.15, -0.1) is 0 Å². The molecule has 0 saturated carbocycles. The molecule has 4 aromatic carbocycles. The predicted molar refractivity (Wildman–Crippen MR) is 140 cm³/mol. The maximum atomic E-state index is 2.82. The van der Waals surface area contributed by atoms with Crippen molar-refractivity contribution in [3.8, 4) is 0 Å². The summed E-state index contributed by atoms with van der Waals surface area (Å²) in [6.45, 7) is 3.38. The molecule has 31 heavy (non-hydrogen) atoms. The fourth-order valence-electron chi connectivity index (χ4n) is 3.70. The zero-order valence-corrected chi connectivity index (χ0v) is 19.8. The molecule has 156 valence electrons. The zero-order valence-electron chi connectivity index (χ0n) is 18.0. The highest BCUT2D eigenvalue weighted by Gasteiger charge is 2.30. The highest BCUT2D eigenvalue weighted by Crippen LogP contribution is 2.54. The topological polar surface area (TPSA) is 3.24 Å². The van der Waals surface area contributed by atoms with Crippen molar-refractivity contribution in [2.24, 2.45) is 0 Å². The van der Waals surface area contributed by atoms with Gasteiger partial charge in [0.2, 0.25) is 0 Å². The van der Waals surface area contributed by atoms with Crippen molar-refractivity contribution in [1.29, 1.82) is 0 Å². The van der Waals surface area contributed by atoms with Gasteiger partial charge in [0.15, 0.2) is 0 Å². The Morgan fingerprint density at radius 2 is 0.774 bits per heavy atom. The van der Waals surface area contributed by atoms with E-state index in [0.29, 0.717) is 0 Å². The minimum absolute atomic E-state index is 0.650. The molecular formula is C28H29NP2. The minimum Gasteiger partial charge on any atom is -0.245 e. The summed E-state index contributed by atoms with van der Waals surface area (Å²) in [4.78, 5) is 0. The highest BCUT2D eigenvalue weighted by atomic mass is 31.2. The molecule has 0 aliphatic rings. The molecule has 0 amide bonds. The van der Waals surface area contributed by atoms with Gasteiger partial charge in [0.25, 0.3) is 0 Å². The van der Waals surface area contributed by atoms with Gasteiger partial charge in [-0.2, -0.15) is 0 Å². The van der Waals surface area contributed by atoms with Crippen LogP contribution in [0.2, 0.25) is 0 Å². The maximum absolute atomic E-state index is 2.82. The van der Waals surface area contributed by atoms with Crippen molar-refractivity contribution in [3.05, 3.63) is 121 Å². The Morgan fingerprint density at radius 3 is 1.03 bits per heavy atom. The van der Waals surface area contributed by atoms with Crippen LogP contribution in [0, 0.1) is 0 Å². The molecule has 0 aromatic heterocycles. The molecule has 0 spiro atoms. The van der Waals surface area contributed by atoms with Crippen LogP contribution >= 0.6 is 16.1 Å². The highest BCUT2D eigenvalue weighted by molar-refractivity contribution is 7.84. The summed E-state index contributed by atoms with van der Waals surface area (Å²) in [6, 6.07) is 44.4. The Hall–Kier alpha value is -2.30. The van der Waals surface area contributed by atoms with Gasteiger partial charge < -0.3 is 0 Å². The van der Waals surface area contributed by atoms with Gasteiger partial charge in [-0.1, -0.05) is 135 Å². The van der Waals surface area contributed by atoms with Crippen molar-refractivity contribution in [2.75, 3.05) is 6.54 Å². The molecule has 0 aliphatic carbocycles. The molecule has 0 heterocycles. The summed E-state index contributed by atoms with van der Waals surface area (Å²) >= 11 is 0. The number of hydrogen-bond donors (Lipinski definition) is 0. The molecule has 0 unspecified atom stereocenters. The molecule has 4 rings (SSSR count).